The molecule has 2 unspecified atom stereocenters. The molecule has 0 spiro atoms. The number of hydrogen-bond acceptors (Lipinski definition) is 2. The van der Waals surface area contributed by atoms with Gasteiger partial charge < -0.3 is 10.4 Å². The van der Waals surface area contributed by atoms with Crippen LogP contribution < -0.4 is 5.32 Å². The predicted octanol–water partition coefficient (Wildman–Crippen LogP) is 3.80. The zero-order valence-corrected chi connectivity index (χ0v) is 13.0. The van der Waals surface area contributed by atoms with E-state index in [-0.39, 0.29) is 11.5 Å². The largest absolute Gasteiger partial charge is 0.387 e. The number of aliphatic hydroxyl groups excluding tert-OH is 1. The average molecular weight is 263 g/mol. The van der Waals surface area contributed by atoms with E-state index >= 15 is 0 Å². The summed E-state index contributed by atoms with van der Waals surface area (Å²) < 4.78 is 0. The summed E-state index contributed by atoms with van der Waals surface area (Å²) in [4.78, 5) is 0. The van der Waals surface area contributed by atoms with Gasteiger partial charge in [-0.3, -0.25) is 0 Å². The average Bonchev–Trinajstić information content (AvgIpc) is 2.38. The van der Waals surface area contributed by atoms with Gasteiger partial charge in [-0.15, -0.1) is 0 Å². The van der Waals surface area contributed by atoms with Crippen LogP contribution in [0.4, 0.5) is 0 Å². The fourth-order valence-electron chi connectivity index (χ4n) is 2.22. The van der Waals surface area contributed by atoms with Crippen molar-refractivity contribution in [1.82, 2.24) is 5.32 Å². The van der Waals surface area contributed by atoms with Crippen molar-refractivity contribution in [2.75, 3.05) is 6.54 Å². The lowest BCUT2D eigenvalue weighted by Crippen LogP contribution is -2.34. The topological polar surface area (TPSA) is 32.3 Å². The van der Waals surface area contributed by atoms with E-state index in [2.05, 4.69) is 64.2 Å². The number of nitrogens with one attached hydrogen (secondary N) is 1. The standard InChI is InChI=1S/C17H29NO/c1-6-12-18-15(7-2)16(19)13-8-10-14(11-9-13)17(3,4)5/h8-11,15-16,18-19H,6-7,12H2,1-5H3. The van der Waals surface area contributed by atoms with Crippen LogP contribution in [-0.4, -0.2) is 17.7 Å². The second-order valence-corrected chi connectivity index (χ2v) is 6.29. The highest BCUT2D eigenvalue weighted by Gasteiger charge is 2.19. The van der Waals surface area contributed by atoms with Crippen LogP contribution in [0.25, 0.3) is 0 Å². The lowest BCUT2D eigenvalue weighted by molar-refractivity contribution is 0.126. The van der Waals surface area contributed by atoms with Crippen LogP contribution in [0.2, 0.25) is 0 Å². The molecule has 0 saturated heterocycles. The highest BCUT2D eigenvalue weighted by atomic mass is 16.3. The van der Waals surface area contributed by atoms with E-state index in [9.17, 15) is 5.11 Å². The van der Waals surface area contributed by atoms with E-state index in [4.69, 9.17) is 0 Å². The van der Waals surface area contributed by atoms with Crippen molar-refractivity contribution in [2.24, 2.45) is 0 Å². The Bertz CT molecular complexity index is 364. The predicted molar refractivity (Wildman–Crippen MR) is 82.5 cm³/mol. The van der Waals surface area contributed by atoms with Gasteiger partial charge in [-0.2, -0.15) is 0 Å². The van der Waals surface area contributed by atoms with Crippen LogP contribution in [0, 0.1) is 0 Å². The van der Waals surface area contributed by atoms with Gasteiger partial charge in [-0.1, -0.05) is 58.9 Å². The van der Waals surface area contributed by atoms with E-state index in [0.717, 1.165) is 24.9 Å². The van der Waals surface area contributed by atoms with Crippen LogP contribution in [-0.2, 0) is 5.41 Å². The summed E-state index contributed by atoms with van der Waals surface area (Å²) in [6, 6.07) is 8.51. The molecule has 1 aromatic rings. The molecule has 2 atom stereocenters. The lowest BCUT2D eigenvalue weighted by Gasteiger charge is -2.24. The van der Waals surface area contributed by atoms with Gasteiger partial charge in [0.25, 0.3) is 0 Å². The molecular weight excluding hydrogens is 234 g/mol. The van der Waals surface area contributed by atoms with Gasteiger partial charge in [0.05, 0.1) is 6.10 Å². The van der Waals surface area contributed by atoms with Crippen LogP contribution in [0.5, 0.6) is 0 Å². The molecule has 0 aliphatic heterocycles. The molecule has 0 bridgehead atoms. The molecule has 1 rings (SSSR count). The van der Waals surface area contributed by atoms with Crippen LogP contribution in [0.15, 0.2) is 24.3 Å². The molecule has 2 N–H and O–H groups in total. The van der Waals surface area contributed by atoms with Crippen LogP contribution >= 0.6 is 0 Å². The van der Waals surface area contributed by atoms with Crippen molar-refractivity contribution in [2.45, 2.75) is 65.0 Å². The minimum Gasteiger partial charge on any atom is -0.387 e. The van der Waals surface area contributed by atoms with Gasteiger partial charge in [0.2, 0.25) is 0 Å². The quantitative estimate of drug-likeness (QED) is 0.818. The monoisotopic (exact) mass is 263 g/mol. The van der Waals surface area contributed by atoms with E-state index in [1.807, 2.05) is 0 Å². The maximum absolute atomic E-state index is 10.4. The van der Waals surface area contributed by atoms with Crippen LogP contribution in [0.3, 0.4) is 0 Å². The lowest BCUT2D eigenvalue weighted by atomic mass is 9.86. The molecule has 0 aliphatic rings. The molecule has 0 saturated carbocycles. The Hall–Kier alpha value is -0.860. The maximum atomic E-state index is 10.4. The molecule has 108 valence electrons. The first-order chi connectivity index (χ1) is 8.90. The smallest absolute Gasteiger partial charge is 0.0942 e. The molecule has 2 heteroatoms. The zero-order chi connectivity index (χ0) is 14.5. The maximum Gasteiger partial charge on any atom is 0.0942 e. The van der Waals surface area contributed by atoms with Crippen molar-refractivity contribution in [3.05, 3.63) is 35.4 Å². The Kier molecular flexibility index (Phi) is 6.02. The number of aliphatic hydroxyl groups is 1. The highest BCUT2D eigenvalue weighted by Crippen LogP contribution is 2.25. The van der Waals surface area contributed by atoms with Crippen molar-refractivity contribution >= 4 is 0 Å². The van der Waals surface area contributed by atoms with Crippen molar-refractivity contribution in [1.29, 1.82) is 0 Å². The first-order valence-electron chi connectivity index (χ1n) is 7.42. The molecular formula is C17H29NO. The summed E-state index contributed by atoms with van der Waals surface area (Å²) in [5.74, 6) is 0. The molecule has 0 aromatic heterocycles. The number of benzene rings is 1. The molecule has 19 heavy (non-hydrogen) atoms. The van der Waals surface area contributed by atoms with Crippen molar-refractivity contribution in [3.63, 3.8) is 0 Å². The summed E-state index contributed by atoms with van der Waals surface area (Å²) in [6.07, 6.45) is 1.60. The third kappa shape index (κ3) is 4.63. The molecule has 1 aromatic carbocycles. The second-order valence-electron chi connectivity index (χ2n) is 6.29. The first-order valence-corrected chi connectivity index (χ1v) is 7.42. The number of rotatable bonds is 6. The Morgan fingerprint density at radius 2 is 1.68 bits per heavy atom. The van der Waals surface area contributed by atoms with Crippen molar-refractivity contribution < 1.29 is 5.11 Å². The SMILES string of the molecule is CCCNC(CC)C(O)c1ccc(C(C)(C)C)cc1. The van der Waals surface area contributed by atoms with E-state index in [1.54, 1.807) is 0 Å². The Labute approximate surface area is 118 Å². The fraction of sp³-hybridized carbons (Fsp3) is 0.647. The van der Waals surface area contributed by atoms with E-state index in [0.29, 0.717) is 0 Å². The number of hydrogen-bond donors (Lipinski definition) is 2. The molecule has 0 heterocycles. The summed E-state index contributed by atoms with van der Waals surface area (Å²) in [5, 5.41) is 13.9. The Morgan fingerprint density at radius 1 is 1.11 bits per heavy atom. The molecule has 0 fully saturated rings. The molecule has 0 amide bonds. The van der Waals surface area contributed by atoms with E-state index in [1.165, 1.54) is 5.56 Å². The third-order valence-electron chi connectivity index (χ3n) is 3.60. The second kappa shape index (κ2) is 7.06. The summed E-state index contributed by atoms with van der Waals surface area (Å²) in [6.45, 7) is 11.8. The highest BCUT2D eigenvalue weighted by molar-refractivity contribution is 5.29. The zero-order valence-electron chi connectivity index (χ0n) is 13.0. The van der Waals surface area contributed by atoms with Gasteiger partial charge in [0.1, 0.15) is 0 Å². The van der Waals surface area contributed by atoms with Gasteiger partial charge in [0.15, 0.2) is 0 Å². The van der Waals surface area contributed by atoms with E-state index < -0.39 is 6.10 Å². The van der Waals surface area contributed by atoms with Gasteiger partial charge in [-0.25, -0.2) is 0 Å². The summed E-state index contributed by atoms with van der Waals surface area (Å²) in [5.41, 5.74) is 2.47. The van der Waals surface area contributed by atoms with Gasteiger partial charge in [0, 0.05) is 6.04 Å². The molecule has 0 radical (unpaired) electrons. The summed E-state index contributed by atoms with van der Waals surface area (Å²) >= 11 is 0. The Morgan fingerprint density at radius 3 is 2.11 bits per heavy atom. The van der Waals surface area contributed by atoms with Gasteiger partial charge in [-0.05, 0) is 35.9 Å². The minimum atomic E-state index is -0.425. The fourth-order valence-corrected chi connectivity index (χ4v) is 2.22. The Balaban J connectivity index is 2.78. The third-order valence-corrected chi connectivity index (χ3v) is 3.60. The normalized spacial score (nSPS) is 15.3. The minimum absolute atomic E-state index is 0.139. The first kappa shape index (κ1) is 16.2. The van der Waals surface area contributed by atoms with Crippen molar-refractivity contribution in [3.8, 4) is 0 Å². The summed E-state index contributed by atoms with van der Waals surface area (Å²) in [7, 11) is 0. The van der Waals surface area contributed by atoms with Gasteiger partial charge >= 0.3 is 0 Å². The van der Waals surface area contributed by atoms with Crippen LogP contribution in [0.1, 0.15) is 64.7 Å². The molecule has 0 aliphatic carbocycles. The molecule has 2 nitrogen and oxygen atoms in total.